The summed E-state index contributed by atoms with van der Waals surface area (Å²) in [6.07, 6.45) is -4.26. The quantitative estimate of drug-likeness (QED) is 0.305. The van der Waals surface area contributed by atoms with Gasteiger partial charge in [-0.15, -0.1) is 0 Å². The summed E-state index contributed by atoms with van der Waals surface area (Å²) in [6.45, 7) is 6.19. The van der Waals surface area contributed by atoms with Gasteiger partial charge in [0.05, 0.1) is 11.7 Å². The molecule has 1 saturated heterocycles. The van der Waals surface area contributed by atoms with E-state index in [0.717, 1.165) is 29.8 Å². The summed E-state index contributed by atoms with van der Waals surface area (Å²) < 4.78 is 52.2. The minimum atomic E-state index is -4.48. The van der Waals surface area contributed by atoms with E-state index in [-0.39, 0.29) is 35.5 Å². The zero-order chi connectivity index (χ0) is 24.2. The molecule has 1 aliphatic rings. The Morgan fingerprint density at radius 1 is 1.15 bits per heavy atom. The highest BCUT2D eigenvalue weighted by atomic mass is 19.4. The Kier molecular flexibility index (Phi) is 7.70. The minimum Gasteiger partial charge on any atom is -0.356 e. The van der Waals surface area contributed by atoms with Crippen LogP contribution in [0.25, 0.3) is 0 Å². The van der Waals surface area contributed by atoms with E-state index in [2.05, 4.69) is 26.5 Å². The van der Waals surface area contributed by atoms with Gasteiger partial charge in [0.15, 0.2) is 0 Å². The molecule has 2 atom stereocenters. The van der Waals surface area contributed by atoms with Gasteiger partial charge in [-0.3, -0.25) is 4.79 Å². The summed E-state index contributed by atoms with van der Waals surface area (Å²) >= 11 is 0. The maximum absolute atomic E-state index is 13.9. The molecule has 2 aromatic rings. The summed E-state index contributed by atoms with van der Waals surface area (Å²) in [4.78, 5) is 16.6. The summed E-state index contributed by atoms with van der Waals surface area (Å²) in [5.41, 5.74) is 6.70. The van der Waals surface area contributed by atoms with Crippen LogP contribution in [0.3, 0.4) is 0 Å². The van der Waals surface area contributed by atoms with Crippen LogP contribution < -0.4 is 21.5 Å². The number of aryl methyl sites for hydroxylation is 1. The predicted octanol–water partition coefficient (Wildman–Crippen LogP) is 4.05. The first-order valence-corrected chi connectivity index (χ1v) is 10.6. The fraction of sp³-hybridized carbons (Fsp3) is 0.391. The Hall–Kier alpha value is -2.98. The molecule has 0 bridgehead atoms. The number of benzene rings is 2. The molecular formula is C23H27F4N5O. The average Bonchev–Trinajstić information content (AvgIpc) is 3.22. The third-order valence-corrected chi connectivity index (χ3v) is 5.16. The molecule has 3 rings (SSSR count). The van der Waals surface area contributed by atoms with Crippen LogP contribution in [-0.2, 0) is 6.18 Å². The standard InChI is InChI=1S/C23H27F4N5O/c1-13(2)12-28-22(30-21(33)15-6-8-17(9-7-15)23(25,26)27)29-20-11-19(31-32-20)16-5-4-14(3)18(24)10-16/h4-10,13,19-20,31-32H,11-12H2,1-3H3,(H2,28,29,30,33). The van der Waals surface area contributed by atoms with Gasteiger partial charge in [0.1, 0.15) is 5.82 Å². The molecule has 0 saturated carbocycles. The number of guanidine groups is 1. The van der Waals surface area contributed by atoms with E-state index in [9.17, 15) is 22.4 Å². The minimum absolute atomic E-state index is 0.0409. The maximum atomic E-state index is 13.9. The Labute approximate surface area is 189 Å². The number of hydrazine groups is 1. The first-order chi connectivity index (χ1) is 15.5. The third-order valence-electron chi connectivity index (χ3n) is 5.16. The molecule has 33 heavy (non-hydrogen) atoms. The van der Waals surface area contributed by atoms with Crippen molar-refractivity contribution in [2.24, 2.45) is 10.9 Å². The highest BCUT2D eigenvalue weighted by Gasteiger charge is 2.30. The van der Waals surface area contributed by atoms with Gasteiger partial charge in [0, 0.05) is 24.6 Å². The molecular weight excluding hydrogens is 438 g/mol. The van der Waals surface area contributed by atoms with Crippen molar-refractivity contribution in [3.63, 3.8) is 0 Å². The van der Waals surface area contributed by atoms with E-state index in [0.29, 0.717) is 18.5 Å². The number of carbonyl (C=O) groups is 1. The van der Waals surface area contributed by atoms with Crippen molar-refractivity contribution in [2.75, 3.05) is 6.54 Å². The van der Waals surface area contributed by atoms with Gasteiger partial charge < -0.3 is 10.6 Å². The van der Waals surface area contributed by atoms with E-state index in [1.807, 2.05) is 19.9 Å². The zero-order valence-electron chi connectivity index (χ0n) is 18.6. The van der Waals surface area contributed by atoms with Crippen LogP contribution in [0.1, 0.15) is 53.4 Å². The molecule has 178 valence electrons. The second-order valence-electron chi connectivity index (χ2n) is 8.40. The number of nitrogens with zero attached hydrogens (tertiary/aromatic N) is 1. The van der Waals surface area contributed by atoms with E-state index >= 15 is 0 Å². The molecule has 4 N–H and O–H groups in total. The molecule has 0 aliphatic carbocycles. The van der Waals surface area contributed by atoms with Crippen LogP contribution in [0.2, 0.25) is 0 Å². The van der Waals surface area contributed by atoms with Crippen LogP contribution in [0.15, 0.2) is 47.5 Å². The molecule has 1 aliphatic heterocycles. The van der Waals surface area contributed by atoms with Crippen molar-refractivity contribution in [1.82, 2.24) is 21.5 Å². The Balaban J connectivity index is 1.71. The molecule has 1 amide bonds. The molecule has 0 spiro atoms. The van der Waals surface area contributed by atoms with E-state index < -0.39 is 17.6 Å². The molecule has 1 fully saturated rings. The molecule has 2 unspecified atom stereocenters. The lowest BCUT2D eigenvalue weighted by molar-refractivity contribution is -0.137. The van der Waals surface area contributed by atoms with Crippen LogP contribution in [0.4, 0.5) is 17.6 Å². The van der Waals surface area contributed by atoms with Crippen molar-refractivity contribution in [2.45, 2.75) is 45.6 Å². The zero-order valence-corrected chi connectivity index (χ0v) is 18.6. The number of carbonyl (C=O) groups excluding carboxylic acids is 1. The number of hydrogen-bond donors (Lipinski definition) is 4. The largest absolute Gasteiger partial charge is 0.416 e. The summed E-state index contributed by atoms with van der Waals surface area (Å²) in [7, 11) is 0. The van der Waals surface area contributed by atoms with Gasteiger partial charge in [-0.05, 0) is 54.3 Å². The molecule has 6 nitrogen and oxygen atoms in total. The monoisotopic (exact) mass is 465 g/mol. The van der Waals surface area contributed by atoms with Crippen LogP contribution in [-0.4, -0.2) is 24.6 Å². The topological polar surface area (TPSA) is 77.5 Å². The highest BCUT2D eigenvalue weighted by Crippen LogP contribution is 2.29. The predicted molar refractivity (Wildman–Crippen MR) is 118 cm³/mol. The number of alkyl halides is 3. The Morgan fingerprint density at radius 3 is 2.45 bits per heavy atom. The van der Waals surface area contributed by atoms with Crippen molar-refractivity contribution in [3.05, 3.63) is 70.5 Å². The molecule has 10 heteroatoms. The maximum Gasteiger partial charge on any atom is 0.416 e. The number of amides is 1. The average molecular weight is 465 g/mol. The van der Waals surface area contributed by atoms with Gasteiger partial charge >= 0.3 is 6.18 Å². The highest BCUT2D eigenvalue weighted by molar-refractivity contribution is 6.02. The Morgan fingerprint density at radius 2 is 1.85 bits per heavy atom. The second-order valence-corrected chi connectivity index (χ2v) is 8.40. The number of hydrogen-bond acceptors (Lipinski definition) is 3. The van der Waals surface area contributed by atoms with Crippen molar-refractivity contribution >= 4 is 11.9 Å². The van der Waals surface area contributed by atoms with Crippen molar-refractivity contribution in [3.8, 4) is 0 Å². The summed E-state index contributed by atoms with van der Waals surface area (Å²) in [6, 6.07) is 8.80. The molecule has 0 aromatic heterocycles. The van der Waals surface area contributed by atoms with E-state index in [4.69, 9.17) is 0 Å². The summed E-state index contributed by atoms with van der Waals surface area (Å²) in [5, 5.41) is 6.17. The van der Waals surface area contributed by atoms with Crippen LogP contribution in [0, 0.1) is 18.7 Å². The lowest BCUT2D eigenvalue weighted by Crippen LogP contribution is -2.50. The number of rotatable bonds is 5. The van der Waals surface area contributed by atoms with E-state index in [1.54, 1.807) is 13.0 Å². The number of halogens is 4. The fourth-order valence-electron chi connectivity index (χ4n) is 3.25. The molecule has 0 radical (unpaired) electrons. The van der Waals surface area contributed by atoms with Gasteiger partial charge in [-0.25, -0.2) is 15.2 Å². The second kappa shape index (κ2) is 10.3. The van der Waals surface area contributed by atoms with Crippen LogP contribution in [0.5, 0.6) is 0 Å². The first kappa shape index (κ1) is 24.7. The lowest BCUT2D eigenvalue weighted by Gasteiger charge is -2.18. The van der Waals surface area contributed by atoms with Gasteiger partial charge in [0.25, 0.3) is 5.91 Å². The smallest absolute Gasteiger partial charge is 0.356 e. The van der Waals surface area contributed by atoms with Crippen molar-refractivity contribution < 1.29 is 22.4 Å². The SMILES string of the molecule is Cc1ccc(C2CC(N/C(=N\C(=O)c3ccc(C(F)(F)F)cc3)NCC(C)C)NN2)cc1F. The van der Waals surface area contributed by atoms with Gasteiger partial charge in [-0.2, -0.15) is 18.2 Å². The Bertz CT molecular complexity index is 1000. The molecule has 1 heterocycles. The van der Waals surface area contributed by atoms with Gasteiger partial charge in [0.2, 0.25) is 5.96 Å². The summed E-state index contributed by atoms with van der Waals surface area (Å²) in [5.74, 6) is -0.501. The fourth-order valence-corrected chi connectivity index (χ4v) is 3.25. The number of aliphatic imine (C=N–C) groups is 1. The van der Waals surface area contributed by atoms with Crippen LogP contribution >= 0.6 is 0 Å². The van der Waals surface area contributed by atoms with Crippen molar-refractivity contribution in [1.29, 1.82) is 0 Å². The number of nitrogens with one attached hydrogen (secondary N) is 4. The van der Waals surface area contributed by atoms with Gasteiger partial charge in [-0.1, -0.05) is 26.0 Å². The normalized spacial score (nSPS) is 19.1. The van der Waals surface area contributed by atoms with E-state index in [1.165, 1.54) is 6.07 Å². The molecule has 2 aromatic carbocycles. The first-order valence-electron chi connectivity index (χ1n) is 10.6. The lowest BCUT2D eigenvalue weighted by atomic mass is 10.0. The third kappa shape index (κ3) is 6.75.